The molecule has 0 bridgehead atoms. The number of hydrogen-bond donors (Lipinski definition) is 1. The van der Waals surface area contributed by atoms with Crippen LogP contribution in [0.4, 0.5) is 10.1 Å². The first-order valence-corrected chi connectivity index (χ1v) is 11.5. The van der Waals surface area contributed by atoms with Gasteiger partial charge in [0.05, 0.1) is 40.7 Å². The number of halogens is 3. The minimum Gasteiger partial charge on any atom is -0.461 e. The van der Waals surface area contributed by atoms with Crippen molar-refractivity contribution in [1.82, 2.24) is 9.55 Å². The second kappa shape index (κ2) is 10.4. The number of nitriles is 1. The lowest BCUT2D eigenvalue weighted by atomic mass is 9.95. The molecule has 0 aliphatic heterocycles. The molecule has 1 atom stereocenters. The summed E-state index contributed by atoms with van der Waals surface area (Å²) in [6, 6.07) is 11.2. The fraction of sp³-hybridized carbons (Fsp3) is 0.292. The summed E-state index contributed by atoms with van der Waals surface area (Å²) in [5, 5.41) is 12.5. The Morgan fingerprint density at radius 3 is 2.70 bits per heavy atom. The Morgan fingerprint density at radius 1 is 1.36 bits per heavy atom. The van der Waals surface area contributed by atoms with Gasteiger partial charge in [-0.05, 0) is 79.0 Å². The van der Waals surface area contributed by atoms with Gasteiger partial charge in [-0.3, -0.25) is 0 Å². The Balaban J connectivity index is 2.31. The second-order valence-corrected chi connectivity index (χ2v) is 8.78. The summed E-state index contributed by atoms with van der Waals surface area (Å²) in [4.78, 5) is 17.3. The molecule has 0 aliphatic rings. The van der Waals surface area contributed by atoms with E-state index in [0.717, 1.165) is 11.1 Å². The lowest BCUT2D eigenvalue weighted by Crippen LogP contribution is -2.23. The third kappa shape index (κ3) is 5.05. The predicted molar refractivity (Wildman–Crippen MR) is 129 cm³/mol. The highest BCUT2D eigenvalue weighted by atomic mass is 79.9. The van der Waals surface area contributed by atoms with Crippen LogP contribution in [0.25, 0.3) is 0 Å². The topological polar surface area (TPSA) is 79.9 Å². The molecule has 2 aromatic carbocycles. The number of nitrogens with zero attached hydrogens (tertiary/aromatic N) is 3. The van der Waals surface area contributed by atoms with Crippen LogP contribution in [-0.4, -0.2) is 22.1 Å². The van der Waals surface area contributed by atoms with E-state index in [2.05, 4.69) is 32.3 Å². The van der Waals surface area contributed by atoms with Crippen LogP contribution in [-0.2, 0) is 4.74 Å². The van der Waals surface area contributed by atoms with Crippen molar-refractivity contribution in [3.8, 4) is 6.07 Å². The summed E-state index contributed by atoms with van der Waals surface area (Å²) in [5.74, 6) is -1.19. The summed E-state index contributed by atoms with van der Waals surface area (Å²) in [7, 11) is 0. The van der Waals surface area contributed by atoms with E-state index in [-0.39, 0.29) is 29.1 Å². The average molecular weight is 534 g/mol. The minimum absolute atomic E-state index is 0.0283. The molecule has 172 valence electrons. The highest BCUT2D eigenvalue weighted by molar-refractivity contribution is 9.10. The average Bonchev–Trinajstić information content (AvgIpc) is 3.12. The van der Waals surface area contributed by atoms with Crippen LogP contribution in [0.5, 0.6) is 0 Å². The first kappa shape index (κ1) is 24.7. The first-order valence-electron chi connectivity index (χ1n) is 10.3. The number of hydrogen-bond acceptors (Lipinski definition) is 5. The number of rotatable bonds is 7. The quantitative estimate of drug-likeness (QED) is 0.347. The molecule has 1 aromatic heterocycles. The second-order valence-electron chi connectivity index (χ2n) is 7.66. The molecule has 0 saturated carbocycles. The number of imidazole rings is 1. The van der Waals surface area contributed by atoms with E-state index in [0.29, 0.717) is 16.0 Å². The summed E-state index contributed by atoms with van der Waals surface area (Å²) < 4.78 is 22.5. The van der Waals surface area contributed by atoms with Crippen molar-refractivity contribution in [2.75, 3.05) is 11.9 Å². The van der Waals surface area contributed by atoms with Gasteiger partial charge >= 0.3 is 5.97 Å². The highest BCUT2D eigenvalue weighted by Crippen LogP contribution is 2.37. The zero-order valence-corrected chi connectivity index (χ0v) is 21.0. The molecular formula is C24H23BrClFN4O2. The number of nitrogens with one attached hydrogen (secondary N) is 1. The van der Waals surface area contributed by atoms with Crippen LogP contribution in [0.2, 0.25) is 5.02 Å². The van der Waals surface area contributed by atoms with Crippen LogP contribution in [0.1, 0.15) is 65.7 Å². The van der Waals surface area contributed by atoms with Crippen molar-refractivity contribution < 1.29 is 13.9 Å². The fourth-order valence-electron chi connectivity index (χ4n) is 3.67. The standard InChI is InChI=1S/C24H23BrClFN4O2/c1-5-33-23(32)21-22(31(13(2)3)24(25)30-21)20(16-10-9-15(12-28)11-14(16)4)29-18-8-6-7-17(26)19(18)27/h6-11,13,20,29H,5H2,1-4H3. The van der Waals surface area contributed by atoms with E-state index >= 15 is 0 Å². The number of carbonyl (C=O) groups excluding carboxylic acids is 1. The molecule has 0 radical (unpaired) electrons. The monoisotopic (exact) mass is 532 g/mol. The number of esters is 1. The van der Waals surface area contributed by atoms with Gasteiger partial charge in [0.1, 0.15) is 0 Å². The maximum Gasteiger partial charge on any atom is 0.358 e. The first-order chi connectivity index (χ1) is 15.7. The Labute approximate surface area is 205 Å². The van der Waals surface area contributed by atoms with Crippen LogP contribution >= 0.6 is 27.5 Å². The molecule has 3 rings (SSSR count). The SMILES string of the molecule is CCOC(=O)c1nc(Br)n(C(C)C)c1C(Nc1cccc(Cl)c1F)c1ccc(C#N)cc1C. The highest BCUT2D eigenvalue weighted by Gasteiger charge is 2.32. The van der Waals surface area contributed by atoms with Crippen molar-refractivity contribution in [3.63, 3.8) is 0 Å². The molecule has 0 spiro atoms. The van der Waals surface area contributed by atoms with Gasteiger partial charge in [-0.2, -0.15) is 5.26 Å². The van der Waals surface area contributed by atoms with Crippen LogP contribution in [0.3, 0.4) is 0 Å². The molecule has 1 heterocycles. The molecule has 0 amide bonds. The smallest absolute Gasteiger partial charge is 0.358 e. The van der Waals surface area contributed by atoms with E-state index in [1.807, 2.05) is 25.3 Å². The van der Waals surface area contributed by atoms with E-state index < -0.39 is 17.8 Å². The third-order valence-corrected chi connectivity index (χ3v) is 5.98. The van der Waals surface area contributed by atoms with E-state index in [1.54, 1.807) is 37.3 Å². The van der Waals surface area contributed by atoms with Crippen molar-refractivity contribution in [1.29, 1.82) is 5.26 Å². The molecule has 3 aromatic rings. The Bertz CT molecular complexity index is 1240. The van der Waals surface area contributed by atoms with Gasteiger partial charge in [0.25, 0.3) is 0 Å². The maximum atomic E-state index is 14.9. The molecule has 1 N–H and O–H groups in total. The normalized spacial score (nSPS) is 11.8. The number of ether oxygens (including phenoxy) is 1. The van der Waals surface area contributed by atoms with Crippen LogP contribution in [0.15, 0.2) is 41.1 Å². The van der Waals surface area contributed by atoms with Gasteiger partial charge in [0.15, 0.2) is 16.2 Å². The molecule has 6 nitrogen and oxygen atoms in total. The molecular weight excluding hydrogens is 511 g/mol. The molecule has 0 fully saturated rings. The summed E-state index contributed by atoms with van der Waals surface area (Å²) in [6.07, 6.45) is 0. The minimum atomic E-state index is -0.702. The lowest BCUT2D eigenvalue weighted by molar-refractivity contribution is 0.0518. The van der Waals surface area contributed by atoms with Gasteiger partial charge in [0, 0.05) is 6.04 Å². The van der Waals surface area contributed by atoms with Crippen molar-refractivity contribution in [2.45, 2.75) is 39.8 Å². The molecule has 9 heteroatoms. The summed E-state index contributed by atoms with van der Waals surface area (Å²) >= 11 is 9.48. The summed E-state index contributed by atoms with van der Waals surface area (Å²) in [6.45, 7) is 7.66. The third-order valence-electron chi connectivity index (χ3n) is 5.12. The summed E-state index contributed by atoms with van der Waals surface area (Å²) in [5.41, 5.74) is 2.81. The molecule has 0 aliphatic carbocycles. The fourth-order valence-corrected chi connectivity index (χ4v) is 4.62. The zero-order valence-electron chi connectivity index (χ0n) is 18.6. The van der Waals surface area contributed by atoms with Crippen molar-refractivity contribution >= 4 is 39.2 Å². The van der Waals surface area contributed by atoms with Gasteiger partial charge < -0.3 is 14.6 Å². The van der Waals surface area contributed by atoms with Crippen molar-refractivity contribution in [3.05, 3.63) is 80.0 Å². The number of anilines is 1. The van der Waals surface area contributed by atoms with E-state index in [9.17, 15) is 14.4 Å². The molecule has 1 unspecified atom stereocenters. The number of benzene rings is 2. The maximum absolute atomic E-state index is 14.9. The Kier molecular flexibility index (Phi) is 7.77. The molecule has 33 heavy (non-hydrogen) atoms. The van der Waals surface area contributed by atoms with E-state index in [1.165, 1.54) is 6.07 Å². The number of aryl methyl sites for hydroxylation is 1. The van der Waals surface area contributed by atoms with Gasteiger partial charge in [0.2, 0.25) is 0 Å². The largest absolute Gasteiger partial charge is 0.461 e. The van der Waals surface area contributed by atoms with Crippen molar-refractivity contribution in [2.24, 2.45) is 0 Å². The number of carbonyl (C=O) groups is 1. The van der Waals surface area contributed by atoms with Crippen LogP contribution < -0.4 is 5.32 Å². The van der Waals surface area contributed by atoms with Crippen LogP contribution in [0, 0.1) is 24.1 Å². The zero-order chi connectivity index (χ0) is 24.3. The van der Waals surface area contributed by atoms with Gasteiger partial charge in [-0.15, -0.1) is 0 Å². The predicted octanol–water partition coefficient (Wildman–Crippen LogP) is 6.58. The lowest BCUT2D eigenvalue weighted by Gasteiger charge is -2.26. The van der Waals surface area contributed by atoms with Gasteiger partial charge in [-0.1, -0.05) is 23.7 Å². The Hall–Kier alpha value is -2.89. The van der Waals surface area contributed by atoms with E-state index in [4.69, 9.17) is 16.3 Å². The molecule has 0 saturated heterocycles. The number of aromatic nitrogens is 2. The van der Waals surface area contributed by atoms with Gasteiger partial charge in [-0.25, -0.2) is 14.2 Å². The Morgan fingerprint density at radius 2 is 2.09 bits per heavy atom.